The van der Waals surface area contributed by atoms with Gasteiger partial charge < -0.3 is 18.9 Å². The van der Waals surface area contributed by atoms with Crippen LogP contribution in [0, 0.1) is 6.92 Å². The molecule has 0 spiro atoms. The van der Waals surface area contributed by atoms with E-state index >= 15 is 0 Å². The van der Waals surface area contributed by atoms with Crippen LogP contribution < -0.4 is 18.9 Å². The summed E-state index contributed by atoms with van der Waals surface area (Å²) in [5.74, 6) is 3.65. The second kappa shape index (κ2) is 7.32. The van der Waals surface area contributed by atoms with E-state index in [0.717, 1.165) is 50.3 Å². The number of methoxy groups -OCH3 is 4. The summed E-state index contributed by atoms with van der Waals surface area (Å²) < 4.78 is 28.6. The third-order valence-corrected chi connectivity index (χ3v) is 5.43. The molecule has 29 heavy (non-hydrogen) atoms. The molecule has 4 rings (SSSR count). The van der Waals surface area contributed by atoms with Crippen LogP contribution in [0.3, 0.4) is 0 Å². The van der Waals surface area contributed by atoms with E-state index in [-0.39, 0.29) is 0 Å². The first-order chi connectivity index (χ1) is 14.1. The van der Waals surface area contributed by atoms with E-state index in [2.05, 4.69) is 19.9 Å². The highest BCUT2D eigenvalue weighted by molar-refractivity contribution is 6.17. The first kappa shape index (κ1) is 19.1. The summed E-state index contributed by atoms with van der Waals surface area (Å²) >= 11 is 0. The maximum absolute atomic E-state index is 6.47. The molecule has 4 aromatic rings. The Morgan fingerprint density at radius 2 is 1.21 bits per heavy atom. The number of benzene rings is 3. The van der Waals surface area contributed by atoms with Gasteiger partial charge in [-0.15, -0.1) is 0 Å². The van der Waals surface area contributed by atoms with Gasteiger partial charge in [0.15, 0.2) is 23.0 Å². The molecule has 5 heteroatoms. The van der Waals surface area contributed by atoms with Gasteiger partial charge in [-0.05, 0) is 36.1 Å². The van der Waals surface area contributed by atoms with Crippen molar-refractivity contribution in [3.05, 3.63) is 41.7 Å². The summed E-state index contributed by atoms with van der Waals surface area (Å²) in [6, 6.07) is 10.1. The van der Waals surface area contributed by atoms with Gasteiger partial charge in [0.25, 0.3) is 0 Å². The monoisotopic (exact) mass is 393 g/mol. The molecule has 0 N–H and O–H groups in total. The predicted octanol–water partition coefficient (Wildman–Crippen LogP) is 5.93. The molecule has 1 aromatic heterocycles. The molecular weight excluding hydrogens is 368 g/mol. The maximum Gasteiger partial charge on any atom is 0.369 e. The van der Waals surface area contributed by atoms with Crippen LogP contribution in [0.5, 0.6) is 23.0 Å². The fourth-order valence-corrected chi connectivity index (χ4v) is 4.03. The zero-order valence-electron chi connectivity index (χ0n) is 17.6. The molecule has 0 saturated heterocycles. The molecule has 0 atom stereocenters. The second-order valence-corrected chi connectivity index (χ2v) is 6.96. The van der Waals surface area contributed by atoms with Crippen LogP contribution in [-0.2, 0) is 6.42 Å². The highest BCUT2D eigenvalue weighted by Crippen LogP contribution is 2.43. The third-order valence-electron chi connectivity index (χ3n) is 5.43. The quantitative estimate of drug-likeness (QED) is 0.311. The molecule has 0 fully saturated rings. The highest BCUT2D eigenvalue weighted by atomic mass is 16.5. The van der Waals surface area contributed by atoms with Crippen LogP contribution in [0.1, 0.15) is 18.2 Å². The van der Waals surface area contributed by atoms with Crippen LogP contribution in [0.4, 0.5) is 0 Å². The maximum atomic E-state index is 6.47. The molecule has 0 bridgehead atoms. The molecule has 0 saturated carbocycles. The summed E-state index contributed by atoms with van der Waals surface area (Å²) in [6.07, 6.45) is 0.755. The summed E-state index contributed by atoms with van der Waals surface area (Å²) in [5, 5.41) is 5.18. The van der Waals surface area contributed by atoms with Crippen LogP contribution >= 0.6 is 0 Å². The number of rotatable bonds is 5. The minimum absolute atomic E-state index is 0.672. The van der Waals surface area contributed by atoms with Crippen molar-refractivity contribution in [2.75, 3.05) is 28.4 Å². The minimum atomic E-state index is 0.672. The number of hydrogen-bond acceptors (Lipinski definition) is 4. The zero-order chi connectivity index (χ0) is 20.7. The standard InChI is InChI=1S/C24H25O5/c1-7-18-16-11-21(27-5)22(28-6)12-17(16)23-13(2)8-14-9-19(25-3)20(26-4)10-15(14)24(23)29-18/h8-12H,7H2,1-6H3/q+1. The van der Waals surface area contributed by atoms with Gasteiger partial charge in [-0.25, -0.2) is 4.42 Å². The Kier molecular flexibility index (Phi) is 4.82. The normalized spacial score (nSPS) is 11.2. The van der Waals surface area contributed by atoms with Crippen LogP contribution in [0.2, 0.25) is 0 Å². The van der Waals surface area contributed by atoms with Crippen LogP contribution in [0.25, 0.3) is 32.5 Å². The minimum Gasteiger partial charge on any atom is -0.493 e. The largest absolute Gasteiger partial charge is 0.493 e. The number of fused-ring (bicyclic) bond motifs is 5. The molecule has 0 aliphatic carbocycles. The Morgan fingerprint density at radius 3 is 1.76 bits per heavy atom. The Labute approximate surface area is 169 Å². The first-order valence-corrected chi connectivity index (χ1v) is 9.56. The topological polar surface area (TPSA) is 48.2 Å². The fraction of sp³-hybridized carbons (Fsp3) is 0.292. The van der Waals surface area contributed by atoms with E-state index in [1.165, 1.54) is 0 Å². The molecule has 1 heterocycles. The number of ether oxygens (including phenoxy) is 4. The van der Waals surface area contributed by atoms with Crippen molar-refractivity contribution in [3.63, 3.8) is 0 Å². The van der Waals surface area contributed by atoms with E-state index in [4.69, 9.17) is 23.4 Å². The van der Waals surface area contributed by atoms with Gasteiger partial charge >= 0.3 is 11.3 Å². The van der Waals surface area contributed by atoms with Crippen molar-refractivity contribution in [2.24, 2.45) is 0 Å². The molecule has 0 aliphatic rings. The lowest BCUT2D eigenvalue weighted by Crippen LogP contribution is -1.95. The van der Waals surface area contributed by atoms with Crippen molar-refractivity contribution in [1.29, 1.82) is 0 Å². The van der Waals surface area contributed by atoms with E-state index in [1.54, 1.807) is 28.4 Å². The first-order valence-electron chi connectivity index (χ1n) is 9.56. The SMILES string of the molecule is CCc1[o+]c2c3cc(OC)c(OC)cc3cc(C)c2c2cc(OC)c(OC)cc12. The Morgan fingerprint density at radius 1 is 0.690 bits per heavy atom. The van der Waals surface area contributed by atoms with Gasteiger partial charge in [0, 0.05) is 17.5 Å². The summed E-state index contributed by atoms with van der Waals surface area (Å²) in [7, 11) is 6.58. The van der Waals surface area contributed by atoms with Crippen LogP contribution in [-0.4, -0.2) is 28.4 Å². The van der Waals surface area contributed by atoms with Gasteiger partial charge in [0.05, 0.1) is 51.0 Å². The van der Waals surface area contributed by atoms with Gasteiger partial charge in [-0.1, -0.05) is 6.92 Å². The third kappa shape index (κ3) is 2.89. The fourth-order valence-electron chi connectivity index (χ4n) is 4.03. The van der Waals surface area contributed by atoms with Gasteiger partial charge in [0.1, 0.15) is 0 Å². The average molecular weight is 393 g/mol. The Bertz CT molecular complexity index is 1240. The molecule has 3 aromatic carbocycles. The average Bonchev–Trinajstić information content (AvgIpc) is 2.76. The Balaban J connectivity index is 2.23. The second-order valence-electron chi connectivity index (χ2n) is 6.96. The molecule has 0 amide bonds. The van der Waals surface area contributed by atoms with Gasteiger partial charge in [-0.3, -0.25) is 0 Å². The molecule has 0 radical (unpaired) electrons. The molecule has 0 unspecified atom stereocenters. The predicted molar refractivity (Wildman–Crippen MR) is 116 cm³/mol. The van der Waals surface area contributed by atoms with Crippen molar-refractivity contribution in [1.82, 2.24) is 0 Å². The molecule has 150 valence electrons. The summed E-state index contributed by atoms with van der Waals surface area (Å²) in [4.78, 5) is 0. The molecule has 5 nitrogen and oxygen atoms in total. The van der Waals surface area contributed by atoms with Crippen molar-refractivity contribution < 1.29 is 23.4 Å². The molecular formula is C24H25O5+. The van der Waals surface area contributed by atoms with Gasteiger partial charge in [-0.2, -0.15) is 0 Å². The lowest BCUT2D eigenvalue weighted by atomic mass is 9.96. The van der Waals surface area contributed by atoms with E-state index < -0.39 is 0 Å². The van der Waals surface area contributed by atoms with E-state index in [0.29, 0.717) is 23.0 Å². The summed E-state index contributed by atoms with van der Waals surface area (Å²) in [6.45, 7) is 4.18. The van der Waals surface area contributed by atoms with E-state index in [1.807, 2.05) is 24.3 Å². The number of hydrogen-bond donors (Lipinski definition) is 0. The van der Waals surface area contributed by atoms with Crippen molar-refractivity contribution in [3.8, 4) is 23.0 Å². The van der Waals surface area contributed by atoms with Gasteiger partial charge in [0.2, 0.25) is 0 Å². The van der Waals surface area contributed by atoms with Crippen molar-refractivity contribution in [2.45, 2.75) is 20.3 Å². The molecule has 0 aliphatic heterocycles. The zero-order valence-corrected chi connectivity index (χ0v) is 17.6. The van der Waals surface area contributed by atoms with Crippen molar-refractivity contribution >= 4 is 32.5 Å². The lowest BCUT2D eigenvalue weighted by Gasteiger charge is -2.12. The highest BCUT2D eigenvalue weighted by Gasteiger charge is 2.25. The smallest absolute Gasteiger partial charge is 0.369 e. The number of aryl methyl sites for hydroxylation is 2. The Hall–Kier alpha value is -3.21. The lowest BCUT2D eigenvalue weighted by molar-refractivity contribution is 0.355. The van der Waals surface area contributed by atoms with E-state index in [9.17, 15) is 0 Å². The summed E-state index contributed by atoms with van der Waals surface area (Å²) in [5.41, 5.74) is 1.95. The van der Waals surface area contributed by atoms with Crippen LogP contribution in [0.15, 0.2) is 34.7 Å².